The third-order valence-electron chi connectivity index (χ3n) is 5.32. The van der Waals surface area contributed by atoms with Gasteiger partial charge in [-0.25, -0.2) is 0 Å². The zero-order valence-electron chi connectivity index (χ0n) is 15.3. The van der Waals surface area contributed by atoms with Crippen LogP contribution >= 0.6 is 23.4 Å². The lowest BCUT2D eigenvalue weighted by Crippen LogP contribution is -2.43. The van der Waals surface area contributed by atoms with Crippen LogP contribution in [0.2, 0.25) is 5.02 Å². The molecule has 2 heterocycles. The first kappa shape index (κ1) is 19.6. The van der Waals surface area contributed by atoms with Crippen molar-refractivity contribution in [2.24, 2.45) is 5.92 Å². The highest BCUT2D eigenvalue weighted by Crippen LogP contribution is 2.28. The molecule has 1 aromatic rings. The Morgan fingerprint density at radius 1 is 1.08 bits per heavy atom. The number of hydrogen-bond donors (Lipinski definition) is 0. The minimum atomic E-state index is -0.112. The van der Waals surface area contributed by atoms with Crippen molar-refractivity contribution in [3.05, 3.63) is 29.3 Å². The van der Waals surface area contributed by atoms with Gasteiger partial charge in [-0.05, 0) is 62.8 Å². The molecule has 2 amide bonds. The number of likely N-dealkylation sites (tertiary alicyclic amines) is 2. The van der Waals surface area contributed by atoms with Gasteiger partial charge >= 0.3 is 0 Å². The largest absolute Gasteiger partial charge is 0.343 e. The fourth-order valence-corrected chi connectivity index (χ4v) is 4.80. The average molecular weight is 395 g/mol. The molecule has 6 heteroatoms. The molecule has 2 saturated heterocycles. The maximum absolute atomic E-state index is 12.7. The lowest BCUT2D eigenvalue weighted by atomic mass is 9.93. The average Bonchev–Trinajstić information content (AvgIpc) is 3.18. The van der Waals surface area contributed by atoms with E-state index in [0.717, 1.165) is 56.8 Å². The number of thioether (sulfide) groups is 1. The summed E-state index contributed by atoms with van der Waals surface area (Å²) in [6, 6.07) is 7.61. The summed E-state index contributed by atoms with van der Waals surface area (Å²) in [6.45, 7) is 5.35. The van der Waals surface area contributed by atoms with E-state index in [2.05, 4.69) is 0 Å². The van der Waals surface area contributed by atoms with E-state index in [1.807, 2.05) is 41.0 Å². The monoisotopic (exact) mass is 394 g/mol. The number of nitrogens with zero attached hydrogens (tertiary/aromatic N) is 2. The summed E-state index contributed by atoms with van der Waals surface area (Å²) in [4.78, 5) is 30.0. The Kier molecular flexibility index (Phi) is 6.87. The number of carbonyl (C=O) groups is 2. The number of piperidine rings is 1. The van der Waals surface area contributed by atoms with Crippen LogP contribution in [0.3, 0.4) is 0 Å². The zero-order valence-corrected chi connectivity index (χ0v) is 16.9. The van der Waals surface area contributed by atoms with E-state index in [1.165, 1.54) is 0 Å². The van der Waals surface area contributed by atoms with Crippen LogP contribution in [0.25, 0.3) is 0 Å². The van der Waals surface area contributed by atoms with Crippen molar-refractivity contribution in [1.82, 2.24) is 9.80 Å². The smallest absolute Gasteiger partial charge is 0.235 e. The maximum Gasteiger partial charge on any atom is 0.235 e. The van der Waals surface area contributed by atoms with Crippen molar-refractivity contribution in [3.8, 4) is 0 Å². The second-order valence-corrected chi connectivity index (χ2v) is 9.13. The van der Waals surface area contributed by atoms with Crippen molar-refractivity contribution in [2.45, 2.75) is 49.2 Å². The second-order valence-electron chi connectivity index (χ2n) is 7.27. The molecule has 4 nitrogen and oxygen atoms in total. The molecular formula is C20H27ClN2O2S. The standard InChI is InChI=1S/C20H27ClN2O2S/c1-15(26-18-6-4-17(21)5-7-18)20(25)23-12-8-16(9-13-23)14-19(24)22-10-2-3-11-22/h4-7,15-16H,2-3,8-14H2,1H3. The molecule has 1 atom stereocenters. The van der Waals surface area contributed by atoms with Gasteiger partial charge in [0.25, 0.3) is 0 Å². The van der Waals surface area contributed by atoms with E-state index < -0.39 is 0 Å². The van der Waals surface area contributed by atoms with E-state index >= 15 is 0 Å². The number of halogens is 1. The molecule has 26 heavy (non-hydrogen) atoms. The van der Waals surface area contributed by atoms with Gasteiger partial charge in [-0.3, -0.25) is 9.59 Å². The van der Waals surface area contributed by atoms with Crippen molar-refractivity contribution >= 4 is 35.2 Å². The Balaban J connectivity index is 1.43. The molecule has 1 unspecified atom stereocenters. The number of carbonyl (C=O) groups excluding carboxylic acids is 2. The van der Waals surface area contributed by atoms with Crippen molar-refractivity contribution in [2.75, 3.05) is 26.2 Å². The molecule has 142 valence electrons. The summed E-state index contributed by atoms with van der Waals surface area (Å²) in [6.07, 6.45) is 4.80. The number of rotatable bonds is 5. The van der Waals surface area contributed by atoms with Crippen molar-refractivity contribution < 1.29 is 9.59 Å². The van der Waals surface area contributed by atoms with Gasteiger partial charge in [-0.1, -0.05) is 11.6 Å². The summed E-state index contributed by atoms with van der Waals surface area (Å²) in [7, 11) is 0. The summed E-state index contributed by atoms with van der Waals surface area (Å²) >= 11 is 7.48. The molecule has 0 radical (unpaired) electrons. The minimum absolute atomic E-state index is 0.112. The van der Waals surface area contributed by atoms with Gasteiger partial charge in [0.05, 0.1) is 5.25 Å². The van der Waals surface area contributed by atoms with Crippen LogP contribution in [-0.4, -0.2) is 53.0 Å². The number of hydrogen-bond acceptors (Lipinski definition) is 3. The molecule has 2 aliphatic heterocycles. The first-order chi connectivity index (χ1) is 12.5. The Bertz CT molecular complexity index is 623. The number of benzene rings is 1. The SMILES string of the molecule is CC(Sc1ccc(Cl)cc1)C(=O)N1CCC(CC(=O)N2CCCC2)CC1. The van der Waals surface area contributed by atoms with Crippen LogP contribution in [0.4, 0.5) is 0 Å². The molecule has 0 spiro atoms. The Labute approximate surface area is 165 Å². The highest BCUT2D eigenvalue weighted by Gasteiger charge is 2.29. The van der Waals surface area contributed by atoms with Gasteiger partial charge < -0.3 is 9.80 Å². The lowest BCUT2D eigenvalue weighted by Gasteiger charge is -2.33. The zero-order chi connectivity index (χ0) is 18.5. The van der Waals surface area contributed by atoms with Gasteiger partial charge in [-0.2, -0.15) is 0 Å². The van der Waals surface area contributed by atoms with Crippen molar-refractivity contribution in [1.29, 1.82) is 0 Å². The van der Waals surface area contributed by atoms with Crippen LogP contribution in [0.1, 0.15) is 39.0 Å². The Morgan fingerprint density at radius 3 is 2.31 bits per heavy atom. The number of amides is 2. The molecule has 1 aromatic carbocycles. The van der Waals surface area contributed by atoms with Gasteiger partial charge in [0, 0.05) is 42.5 Å². The van der Waals surface area contributed by atoms with Crippen LogP contribution in [0.15, 0.2) is 29.2 Å². The molecule has 0 N–H and O–H groups in total. The summed E-state index contributed by atoms with van der Waals surface area (Å²) in [5.74, 6) is 0.916. The molecule has 0 aliphatic carbocycles. The van der Waals surface area contributed by atoms with Gasteiger partial charge in [0.15, 0.2) is 0 Å². The molecule has 0 aromatic heterocycles. The van der Waals surface area contributed by atoms with Crippen LogP contribution < -0.4 is 0 Å². The van der Waals surface area contributed by atoms with E-state index in [0.29, 0.717) is 23.3 Å². The molecule has 2 aliphatic rings. The van der Waals surface area contributed by atoms with Gasteiger partial charge in [0.2, 0.25) is 11.8 Å². The van der Waals surface area contributed by atoms with Gasteiger partial charge in [-0.15, -0.1) is 11.8 Å². The quantitative estimate of drug-likeness (QED) is 0.707. The molecular weight excluding hydrogens is 368 g/mol. The molecule has 3 rings (SSSR count). The predicted molar refractivity (Wildman–Crippen MR) is 107 cm³/mol. The van der Waals surface area contributed by atoms with E-state index in [-0.39, 0.29) is 11.2 Å². The van der Waals surface area contributed by atoms with E-state index in [4.69, 9.17) is 11.6 Å². The van der Waals surface area contributed by atoms with E-state index in [1.54, 1.807) is 11.8 Å². The van der Waals surface area contributed by atoms with Crippen LogP contribution in [-0.2, 0) is 9.59 Å². The maximum atomic E-state index is 12.7. The Morgan fingerprint density at radius 2 is 1.69 bits per heavy atom. The first-order valence-corrected chi connectivity index (χ1v) is 10.8. The predicted octanol–water partition coefficient (Wildman–Crippen LogP) is 4.07. The highest BCUT2D eigenvalue weighted by atomic mass is 35.5. The van der Waals surface area contributed by atoms with Crippen molar-refractivity contribution in [3.63, 3.8) is 0 Å². The molecule has 0 bridgehead atoms. The molecule has 2 fully saturated rings. The van der Waals surface area contributed by atoms with Gasteiger partial charge in [0.1, 0.15) is 0 Å². The normalized spacial score (nSPS) is 19.6. The Hall–Kier alpha value is -1.20. The van der Waals surface area contributed by atoms with Crippen LogP contribution in [0, 0.1) is 5.92 Å². The summed E-state index contributed by atoms with van der Waals surface area (Å²) in [5.41, 5.74) is 0. The second kappa shape index (κ2) is 9.14. The third-order valence-corrected chi connectivity index (χ3v) is 6.67. The van der Waals surface area contributed by atoms with Crippen LogP contribution in [0.5, 0.6) is 0 Å². The summed E-state index contributed by atoms with van der Waals surface area (Å²) in [5, 5.41) is 0.595. The topological polar surface area (TPSA) is 40.6 Å². The van der Waals surface area contributed by atoms with E-state index in [9.17, 15) is 9.59 Å². The fourth-order valence-electron chi connectivity index (χ4n) is 3.72. The highest BCUT2D eigenvalue weighted by molar-refractivity contribution is 8.00. The first-order valence-electron chi connectivity index (χ1n) is 9.51. The lowest BCUT2D eigenvalue weighted by molar-refractivity contribution is -0.133. The molecule has 0 saturated carbocycles. The fraction of sp³-hybridized carbons (Fsp3) is 0.600. The third kappa shape index (κ3) is 5.17. The minimum Gasteiger partial charge on any atom is -0.343 e. The summed E-state index contributed by atoms with van der Waals surface area (Å²) < 4.78 is 0.